The first kappa shape index (κ1) is 15.9. The topological polar surface area (TPSA) is 69.4 Å². The summed E-state index contributed by atoms with van der Waals surface area (Å²) in [6.45, 7) is 0. The summed E-state index contributed by atoms with van der Waals surface area (Å²) in [6, 6.07) is 9.17. The molecule has 0 atom stereocenters. The molecule has 0 spiro atoms. The average Bonchev–Trinajstić information content (AvgIpc) is 2.51. The highest BCUT2D eigenvalue weighted by atomic mass is 35.5. The van der Waals surface area contributed by atoms with E-state index >= 15 is 0 Å². The Morgan fingerprint density at radius 2 is 1.52 bits per heavy atom. The number of carbonyl (C=O) groups excluding carboxylic acids is 2. The maximum atomic E-state index is 12.5. The van der Waals surface area contributed by atoms with E-state index in [0.717, 1.165) is 0 Å². The minimum Gasteiger partial charge on any atom is -0.448 e. The fourth-order valence-electron chi connectivity index (χ4n) is 2.20. The standard InChI is InChI=1S/C16H8Cl3NO3/c17-7-5-10(18)15(11(20)6-7)23-16-12(19)13(21)8-3-1-2-4-9(8)14(16)22/h1-6H,20H2. The van der Waals surface area contributed by atoms with Crippen LogP contribution in [0.2, 0.25) is 10.0 Å². The number of allylic oxidation sites excluding steroid dienone is 2. The number of halogens is 3. The summed E-state index contributed by atoms with van der Waals surface area (Å²) in [5.74, 6) is -1.31. The first-order valence-corrected chi connectivity index (χ1v) is 7.54. The third-order valence-electron chi connectivity index (χ3n) is 3.26. The molecule has 2 N–H and O–H groups in total. The van der Waals surface area contributed by atoms with E-state index in [1.165, 1.54) is 24.3 Å². The van der Waals surface area contributed by atoms with Crippen LogP contribution in [-0.4, -0.2) is 11.6 Å². The first-order valence-electron chi connectivity index (χ1n) is 6.40. The molecule has 0 radical (unpaired) electrons. The van der Waals surface area contributed by atoms with E-state index in [9.17, 15) is 9.59 Å². The number of ketones is 2. The monoisotopic (exact) mass is 367 g/mol. The molecule has 0 bridgehead atoms. The highest BCUT2D eigenvalue weighted by molar-refractivity contribution is 6.49. The Labute approximate surface area is 146 Å². The van der Waals surface area contributed by atoms with Crippen LogP contribution >= 0.6 is 34.8 Å². The van der Waals surface area contributed by atoms with Gasteiger partial charge in [-0.25, -0.2) is 0 Å². The summed E-state index contributed by atoms with van der Waals surface area (Å²) >= 11 is 17.9. The molecule has 116 valence electrons. The predicted octanol–water partition coefficient (Wildman–Crippen LogP) is 4.48. The molecule has 1 aliphatic carbocycles. The van der Waals surface area contributed by atoms with Crippen molar-refractivity contribution in [1.29, 1.82) is 0 Å². The van der Waals surface area contributed by atoms with Crippen molar-refractivity contribution in [3.63, 3.8) is 0 Å². The number of nitrogens with two attached hydrogens (primary N) is 1. The molecule has 0 aromatic heterocycles. The second-order valence-corrected chi connectivity index (χ2v) is 5.98. The zero-order chi connectivity index (χ0) is 16.7. The lowest BCUT2D eigenvalue weighted by atomic mass is 9.93. The summed E-state index contributed by atoms with van der Waals surface area (Å²) in [5, 5.41) is 0.0986. The van der Waals surface area contributed by atoms with Gasteiger partial charge in [0.25, 0.3) is 0 Å². The van der Waals surface area contributed by atoms with Gasteiger partial charge in [0.05, 0.1) is 10.7 Å². The van der Waals surface area contributed by atoms with Gasteiger partial charge in [-0.05, 0) is 12.1 Å². The number of nitrogen functional groups attached to an aromatic ring is 1. The third-order valence-corrected chi connectivity index (χ3v) is 4.10. The van der Waals surface area contributed by atoms with Gasteiger partial charge >= 0.3 is 0 Å². The molecule has 2 aromatic rings. The second-order valence-electron chi connectivity index (χ2n) is 4.75. The Hall–Kier alpha value is -2.01. The van der Waals surface area contributed by atoms with E-state index in [4.69, 9.17) is 45.3 Å². The SMILES string of the molecule is Nc1cc(Cl)cc(Cl)c1OC1=C(Cl)C(=O)c2ccccc2C1=O. The Morgan fingerprint density at radius 3 is 2.13 bits per heavy atom. The molecule has 0 unspecified atom stereocenters. The lowest BCUT2D eigenvalue weighted by Crippen LogP contribution is -2.23. The van der Waals surface area contributed by atoms with Crippen molar-refractivity contribution >= 4 is 52.1 Å². The number of benzene rings is 2. The van der Waals surface area contributed by atoms with Crippen LogP contribution in [0.4, 0.5) is 5.69 Å². The minimum atomic E-state index is -0.518. The Kier molecular flexibility index (Phi) is 4.06. The summed E-state index contributed by atoms with van der Waals surface area (Å²) in [6.07, 6.45) is 0. The van der Waals surface area contributed by atoms with Gasteiger partial charge in [-0.2, -0.15) is 0 Å². The third kappa shape index (κ3) is 2.70. The van der Waals surface area contributed by atoms with Crippen LogP contribution in [0.3, 0.4) is 0 Å². The molecule has 0 aliphatic heterocycles. The number of carbonyl (C=O) groups is 2. The van der Waals surface area contributed by atoms with Crippen LogP contribution in [-0.2, 0) is 0 Å². The van der Waals surface area contributed by atoms with Gasteiger partial charge in [0, 0.05) is 16.1 Å². The number of hydrogen-bond donors (Lipinski definition) is 1. The van der Waals surface area contributed by atoms with Gasteiger partial charge in [0.15, 0.2) is 11.5 Å². The normalized spacial score (nSPS) is 14.0. The van der Waals surface area contributed by atoms with Crippen molar-refractivity contribution in [2.75, 3.05) is 5.73 Å². The van der Waals surface area contributed by atoms with Crippen molar-refractivity contribution in [2.24, 2.45) is 0 Å². The molecule has 0 amide bonds. The molecule has 2 aromatic carbocycles. The lowest BCUT2D eigenvalue weighted by Gasteiger charge is -2.19. The minimum absolute atomic E-state index is 0.0183. The van der Waals surface area contributed by atoms with Gasteiger partial charge in [-0.3, -0.25) is 9.59 Å². The maximum absolute atomic E-state index is 12.5. The molecular formula is C16H8Cl3NO3. The first-order chi connectivity index (χ1) is 10.9. The van der Waals surface area contributed by atoms with Crippen LogP contribution in [0, 0.1) is 0 Å². The van der Waals surface area contributed by atoms with E-state index in [2.05, 4.69) is 0 Å². The lowest BCUT2D eigenvalue weighted by molar-refractivity contribution is 0.0943. The van der Waals surface area contributed by atoms with Gasteiger partial charge in [0.2, 0.25) is 11.6 Å². The summed E-state index contributed by atoms with van der Waals surface area (Å²) in [5.41, 5.74) is 6.36. The van der Waals surface area contributed by atoms with E-state index in [0.29, 0.717) is 5.02 Å². The largest absolute Gasteiger partial charge is 0.448 e. The highest BCUT2D eigenvalue weighted by Gasteiger charge is 2.33. The molecule has 0 saturated heterocycles. The summed E-state index contributed by atoms with van der Waals surface area (Å²) < 4.78 is 5.49. The molecule has 23 heavy (non-hydrogen) atoms. The Balaban J connectivity index is 2.09. The van der Waals surface area contributed by atoms with Crippen molar-refractivity contribution in [3.05, 3.63) is 68.4 Å². The average molecular weight is 369 g/mol. The number of anilines is 1. The van der Waals surface area contributed by atoms with Crippen LogP contribution < -0.4 is 10.5 Å². The van der Waals surface area contributed by atoms with E-state index in [1.807, 2.05) is 0 Å². The van der Waals surface area contributed by atoms with Gasteiger partial charge < -0.3 is 10.5 Å². The maximum Gasteiger partial charge on any atom is 0.230 e. The molecular weight excluding hydrogens is 361 g/mol. The molecule has 7 heteroatoms. The fraction of sp³-hybridized carbons (Fsp3) is 0. The number of Topliss-reactive ketones (excluding diaryl/α,β-unsaturated/α-hetero) is 2. The number of fused-ring (bicyclic) bond motifs is 1. The van der Waals surface area contributed by atoms with Crippen LogP contribution in [0.1, 0.15) is 20.7 Å². The number of hydrogen-bond acceptors (Lipinski definition) is 4. The molecule has 1 aliphatic rings. The van der Waals surface area contributed by atoms with Crippen LogP contribution in [0.25, 0.3) is 0 Å². The zero-order valence-electron chi connectivity index (χ0n) is 11.4. The van der Waals surface area contributed by atoms with Gasteiger partial charge in [0.1, 0.15) is 5.03 Å². The zero-order valence-corrected chi connectivity index (χ0v) is 13.7. The quantitative estimate of drug-likeness (QED) is 0.793. The van der Waals surface area contributed by atoms with Gasteiger partial charge in [-0.15, -0.1) is 0 Å². The predicted molar refractivity (Wildman–Crippen MR) is 89.5 cm³/mol. The van der Waals surface area contributed by atoms with Crippen molar-refractivity contribution < 1.29 is 14.3 Å². The second kappa shape index (κ2) is 5.89. The van der Waals surface area contributed by atoms with Crippen molar-refractivity contribution in [1.82, 2.24) is 0 Å². The fourth-order valence-corrected chi connectivity index (χ4v) is 2.98. The van der Waals surface area contributed by atoms with E-state index < -0.39 is 11.6 Å². The van der Waals surface area contributed by atoms with E-state index in [1.54, 1.807) is 12.1 Å². The molecule has 4 nitrogen and oxygen atoms in total. The van der Waals surface area contributed by atoms with Crippen LogP contribution in [0.5, 0.6) is 5.75 Å². The highest BCUT2D eigenvalue weighted by Crippen LogP contribution is 2.38. The number of ether oxygens (including phenoxy) is 1. The smallest absolute Gasteiger partial charge is 0.230 e. The molecule has 0 heterocycles. The molecule has 0 fully saturated rings. The summed E-state index contributed by atoms with van der Waals surface area (Å²) in [7, 11) is 0. The van der Waals surface area contributed by atoms with E-state index in [-0.39, 0.29) is 38.4 Å². The van der Waals surface area contributed by atoms with Crippen molar-refractivity contribution in [3.8, 4) is 5.75 Å². The Morgan fingerprint density at radius 1 is 0.913 bits per heavy atom. The van der Waals surface area contributed by atoms with Crippen molar-refractivity contribution in [2.45, 2.75) is 0 Å². The molecule has 3 rings (SSSR count). The van der Waals surface area contributed by atoms with Gasteiger partial charge in [-0.1, -0.05) is 59.1 Å². The molecule has 0 saturated carbocycles. The summed E-state index contributed by atoms with van der Waals surface area (Å²) in [4.78, 5) is 24.8. The van der Waals surface area contributed by atoms with Crippen LogP contribution in [0.15, 0.2) is 47.2 Å². The Bertz CT molecular complexity index is 867. The number of rotatable bonds is 2.